The molecule has 0 aliphatic rings. The molecule has 1 amide bonds. The number of carbonyl (C=O) groups excluding carboxylic acids is 1. The summed E-state index contributed by atoms with van der Waals surface area (Å²) >= 11 is 5.81. The molecule has 4 nitrogen and oxygen atoms in total. The van der Waals surface area contributed by atoms with E-state index in [2.05, 4.69) is 17.6 Å². The Hall–Kier alpha value is -1.26. The van der Waals surface area contributed by atoms with Crippen LogP contribution in [0.5, 0.6) is 5.75 Å². The predicted molar refractivity (Wildman–Crippen MR) is 73.0 cm³/mol. The van der Waals surface area contributed by atoms with Crippen LogP contribution >= 0.6 is 11.6 Å². The Morgan fingerprint density at radius 3 is 2.89 bits per heavy atom. The lowest BCUT2D eigenvalue weighted by Crippen LogP contribution is -2.35. The number of nitrogens with one attached hydrogen (secondary N) is 2. The highest BCUT2D eigenvalue weighted by atomic mass is 35.5. The first-order valence-electron chi connectivity index (χ1n) is 5.91. The first kappa shape index (κ1) is 14.8. The van der Waals surface area contributed by atoms with Gasteiger partial charge in [-0.2, -0.15) is 0 Å². The minimum Gasteiger partial charge on any atom is -0.484 e. The lowest BCUT2D eigenvalue weighted by atomic mass is 10.2. The van der Waals surface area contributed by atoms with E-state index in [0.29, 0.717) is 23.2 Å². The molecule has 0 bridgehead atoms. The van der Waals surface area contributed by atoms with Gasteiger partial charge in [0.1, 0.15) is 5.75 Å². The Kier molecular flexibility index (Phi) is 6.54. The monoisotopic (exact) mass is 270 g/mol. The van der Waals surface area contributed by atoms with Crippen LogP contribution in [0.25, 0.3) is 0 Å². The van der Waals surface area contributed by atoms with Crippen molar-refractivity contribution >= 4 is 17.5 Å². The smallest absolute Gasteiger partial charge is 0.257 e. The van der Waals surface area contributed by atoms with Crippen molar-refractivity contribution in [2.75, 3.05) is 26.7 Å². The van der Waals surface area contributed by atoms with Crippen LogP contribution in [-0.2, 0) is 4.79 Å². The summed E-state index contributed by atoms with van der Waals surface area (Å²) in [5.41, 5.74) is 0. The van der Waals surface area contributed by atoms with Crippen molar-refractivity contribution in [1.29, 1.82) is 0 Å². The molecule has 1 atom stereocenters. The second-order valence-electron chi connectivity index (χ2n) is 4.21. The number of hydrogen-bond acceptors (Lipinski definition) is 3. The average molecular weight is 271 g/mol. The second-order valence-corrected chi connectivity index (χ2v) is 4.65. The maximum atomic E-state index is 11.5. The van der Waals surface area contributed by atoms with Crippen LogP contribution in [0.4, 0.5) is 0 Å². The lowest BCUT2D eigenvalue weighted by Gasteiger charge is -2.12. The number of benzene rings is 1. The van der Waals surface area contributed by atoms with E-state index < -0.39 is 0 Å². The third-order valence-corrected chi connectivity index (χ3v) is 2.60. The fourth-order valence-corrected chi connectivity index (χ4v) is 1.65. The molecule has 0 aliphatic carbocycles. The SMILES string of the molecule is CNCC(C)CNC(=O)COc1cccc(Cl)c1. The predicted octanol–water partition coefficient (Wildman–Crippen LogP) is 1.69. The molecule has 2 N–H and O–H groups in total. The van der Waals surface area contributed by atoms with E-state index in [9.17, 15) is 4.79 Å². The first-order chi connectivity index (χ1) is 8.61. The van der Waals surface area contributed by atoms with E-state index in [1.807, 2.05) is 7.05 Å². The summed E-state index contributed by atoms with van der Waals surface area (Å²) in [7, 11) is 1.89. The lowest BCUT2D eigenvalue weighted by molar-refractivity contribution is -0.123. The molecule has 0 aliphatic heterocycles. The van der Waals surface area contributed by atoms with Gasteiger partial charge >= 0.3 is 0 Å². The van der Waals surface area contributed by atoms with E-state index in [-0.39, 0.29) is 12.5 Å². The van der Waals surface area contributed by atoms with Crippen molar-refractivity contribution in [3.8, 4) is 5.75 Å². The third kappa shape index (κ3) is 5.89. The average Bonchev–Trinajstić information content (AvgIpc) is 2.34. The molecule has 0 saturated heterocycles. The topological polar surface area (TPSA) is 50.4 Å². The largest absolute Gasteiger partial charge is 0.484 e. The third-order valence-electron chi connectivity index (χ3n) is 2.37. The second kappa shape index (κ2) is 7.95. The van der Waals surface area contributed by atoms with Gasteiger partial charge in [-0.25, -0.2) is 0 Å². The molecule has 100 valence electrons. The van der Waals surface area contributed by atoms with Crippen molar-refractivity contribution < 1.29 is 9.53 Å². The Bertz CT molecular complexity index is 385. The molecule has 1 unspecified atom stereocenters. The molecule has 0 spiro atoms. The molecular weight excluding hydrogens is 252 g/mol. The molecule has 0 fully saturated rings. The van der Waals surface area contributed by atoms with Gasteiger partial charge < -0.3 is 15.4 Å². The molecule has 18 heavy (non-hydrogen) atoms. The molecule has 0 saturated carbocycles. The number of ether oxygens (including phenoxy) is 1. The minimum atomic E-state index is -0.127. The van der Waals surface area contributed by atoms with Crippen molar-refractivity contribution in [1.82, 2.24) is 10.6 Å². The Morgan fingerprint density at radius 1 is 1.44 bits per heavy atom. The van der Waals surface area contributed by atoms with Gasteiger partial charge in [-0.05, 0) is 37.7 Å². The van der Waals surface area contributed by atoms with Gasteiger partial charge in [0.25, 0.3) is 5.91 Å². The highest BCUT2D eigenvalue weighted by Crippen LogP contribution is 2.16. The van der Waals surface area contributed by atoms with Crippen LogP contribution in [0.15, 0.2) is 24.3 Å². The molecular formula is C13H19ClN2O2. The summed E-state index contributed by atoms with van der Waals surface area (Å²) in [6.07, 6.45) is 0. The first-order valence-corrected chi connectivity index (χ1v) is 6.29. The Labute approximate surface area is 113 Å². The summed E-state index contributed by atoms with van der Waals surface area (Å²) in [5.74, 6) is 0.865. The normalized spacial score (nSPS) is 11.9. The Balaban J connectivity index is 2.25. The van der Waals surface area contributed by atoms with Gasteiger partial charge in [-0.15, -0.1) is 0 Å². The minimum absolute atomic E-state index is 0.00656. The van der Waals surface area contributed by atoms with Crippen molar-refractivity contribution in [3.63, 3.8) is 0 Å². The van der Waals surface area contributed by atoms with E-state index in [0.717, 1.165) is 6.54 Å². The molecule has 0 heterocycles. The van der Waals surface area contributed by atoms with Crippen LogP contribution in [0, 0.1) is 5.92 Å². The van der Waals surface area contributed by atoms with Gasteiger partial charge in [-0.1, -0.05) is 24.6 Å². The number of halogens is 1. The fraction of sp³-hybridized carbons (Fsp3) is 0.462. The molecule has 0 radical (unpaired) electrons. The maximum Gasteiger partial charge on any atom is 0.257 e. The summed E-state index contributed by atoms with van der Waals surface area (Å²) in [6.45, 7) is 3.58. The standard InChI is InChI=1S/C13H19ClN2O2/c1-10(7-15-2)8-16-13(17)9-18-12-5-3-4-11(14)6-12/h3-6,10,15H,7-9H2,1-2H3,(H,16,17). The maximum absolute atomic E-state index is 11.5. The quantitative estimate of drug-likeness (QED) is 0.793. The Morgan fingerprint density at radius 2 is 2.22 bits per heavy atom. The molecule has 0 aromatic heterocycles. The van der Waals surface area contributed by atoms with Crippen LogP contribution < -0.4 is 15.4 Å². The van der Waals surface area contributed by atoms with Crippen LogP contribution in [0.3, 0.4) is 0 Å². The molecule has 1 aromatic rings. The van der Waals surface area contributed by atoms with E-state index in [1.165, 1.54) is 0 Å². The summed E-state index contributed by atoms with van der Waals surface area (Å²) in [5, 5.41) is 6.47. The zero-order chi connectivity index (χ0) is 13.4. The number of amides is 1. The van der Waals surface area contributed by atoms with Crippen molar-refractivity contribution in [2.24, 2.45) is 5.92 Å². The zero-order valence-corrected chi connectivity index (χ0v) is 11.5. The van der Waals surface area contributed by atoms with Crippen molar-refractivity contribution in [3.05, 3.63) is 29.3 Å². The van der Waals surface area contributed by atoms with Gasteiger partial charge in [0, 0.05) is 11.6 Å². The van der Waals surface area contributed by atoms with Gasteiger partial charge in [0.15, 0.2) is 6.61 Å². The highest BCUT2D eigenvalue weighted by molar-refractivity contribution is 6.30. The number of rotatable bonds is 7. The summed E-state index contributed by atoms with van der Waals surface area (Å²) in [6, 6.07) is 6.99. The van der Waals surface area contributed by atoms with E-state index in [4.69, 9.17) is 16.3 Å². The van der Waals surface area contributed by atoms with Crippen LogP contribution in [0.1, 0.15) is 6.92 Å². The molecule has 1 rings (SSSR count). The van der Waals surface area contributed by atoms with E-state index >= 15 is 0 Å². The number of hydrogen-bond donors (Lipinski definition) is 2. The summed E-state index contributed by atoms with van der Waals surface area (Å²) < 4.78 is 5.33. The molecule has 1 aromatic carbocycles. The van der Waals surface area contributed by atoms with Gasteiger partial charge in [0.05, 0.1) is 0 Å². The number of carbonyl (C=O) groups is 1. The van der Waals surface area contributed by atoms with Crippen molar-refractivity contribution in [2.45, 2.75) is 6.92 Å². The fourth-order valence-electron chi connectivity index (χ4n) is 1.47. The van der Waals surface area contributed by atoms with Crippen LogP contribution in [0.2, 0.25) is 5.02 Å². The van der Waals surface area contributed by atoms with Gasteiger partial charge in [0.2, 0.25) is 0 Å². The van der Waals surface area contributed by atoms with Gasteiger partial charge in [-0.3, -0.25) is 4.79 Å². The highest BCUT2D eigenvalue weighted by Gasteiger charge is 2.05. The van der Waals surface area contributed by atoms with Crippen LogP contribution in [-0.4, -0.2) is 32.7 Å². The molecule has 5 heteroatoms. The zero-order valence-electron chi connectivity index (χ0n) is 10.7. The summed E-state index contributed by atoms with van der Waals surface area (Å²) in [4.78, 5) is 11.5. The van der Waals surface area contributed by atoms with E-state index in [1.54, 1.807) is 24.3 Å².